The van der Waals surface area contributed by atoms with Gasteiger partial charge >= 0.3 is 6.03 Å². The molecule has 2 aromatic rings. The molecule has 1 fully saturated rings. The molecule has 5 heteroatoms. The van der Waals surface area contributed by atoms with E-state index >= 15 is 0 Å². The van der Waals surface area contributed by atoms with Crippen LogP contribution in [0.25, 0.3) is 0 Å². The van der Waals surface area contributed by atoms with Crippen LogP contribution in [0.4, 0.5) is 10.5 Å². The van der Waals surface area contributed by atoms with Crippen LogP contribution in [0.2, 0.25) is 0 Å². The Hall–Kier alpha value is -2.97. The molecule has 0 saturated carbocycles. The molecule has 134 valence electrons. The summed E-state index contributed by atoms with van der Waals surface area (Å²) in [6.45, 7) is 4.58. The van der Waals surface area contributed by atoms with E-state index in [-0.39, 0.29) is 18.7 Å². The first-order chi connectivity index (χ1) is 12.7. The van der Waals surface area contributed by atoms with Gasteiger partial charge in [0.2, 0.25) is 0 Å². The van der Waals surface area contributed by atoms with Gasteiger partial charge in [0, 0.05) is 31.4 Å². The molecule has 0 radical (unpaired) electrons. The van der Waals surface area contributed by atoms with Crippen LogP contribution in [0.5, 0.6) is 5.75 Å². The summed E-state index contributed by atoms with van der Waals surface area (Å²) in [5.74, 6) is 3.23. The minimum absolute atomic E-state index is 0.0291. The van der Waals surface area contributed by atoms with Gasteiger partial charge in [-0.3, -0.25) is 4.90 Å². The van der Waals surface area contributed by atoms with Crippen LogP contribution in [0, 0.1) is 12.3 Å². The maximum atomic E-state index is 11.7. The van der Waals surface area contributed by atoms with Crippen LogP contribution < -0.4 is 20.3 Å². The average molecular weight is 349 g/mol. The second kappa shape index (κ2) is 8.41. The molecule has 0 bridgehead atoms. The molecule has 1 heterocycles. The van der Waals surface area contributed by atoms with E-state index in [0.29, 0.717) is 13.1 Å². The van der Waals surface area contributed by atoms with Crippen molar-refractivity contribution in [1.29, 1.82) is 0 Å². The second-order valence-electron chi connectivity index (χ2n) is 6.21. The van der Waals surface area contributed by atoms with Crippen molar-refractivity contribution < 1.29 is 9.53 Å². The summed E-state index contributed by atoms with van der Waals surface area (Å²) >= 11 is 0. The lowest BCUT2D eigenvalue weighted by atomic mass is 10.1. The first-order valence-corrected chi connectivity index (χ1v) is 8.71. The van der Waals surface area contributed by atoms with E-state index in [1.54, 1.807) is 4.90 Å². The number of carbonyl (C=O) groups is 1. The highest BCUT2D eigenvalue weighted by Crippen LogP contribution is 2.21. The van der Waals surface area contributed by atoms with Crippen molar-refractivity contribution >= 4 is 11.7 Å². The first-order valence-electron chi connectivity index (χ1n) is 8.71. The van der Waals surface area contributed by atoms with Gasteiger partial charge in [-0.05, 0) is 42.3 Å². The van der Waals surface area contributed by atoms with Crippen molar-refractivity contribution in [2.75, 3.05) is 24.6 Å². The van der Waals surface area contributed by atoms with Crippen molar-refractivity contribution in [3.63, 3.8) is 0 Å². The molecule has 1 unspecified atom stereocenters. The van der Waals surface area contributed by atoms with E-state index in [1.165, 1.54) is 11.1 Å². The van der Waals surface area contributed by atoms with Crippen LogP contribution in [0.3, 0.4) is 0 Å². The number of hydrogen-bond donors (Lipinski definition) is 2. The zero-order valence-electron chi connectivity index (χ0n) is 14.9. The Balaban J connectivity index is 1.54. The Morgan fingerprint density at radius 2 is 1.96 bits per heavy atom. The molecule has 1 saturated heterocycles. The van der Waals surface area contributed by atoms with Gasteiger partial charge < -0.3 is 15.4 Å². The number of ether oxygens (including phenoxy) is 1. The molecule has 5 nitrogen and oxygen atoms in total. The topological polar surface area (TPSA) is 53.6 Å². The molecule has 1 atom stereocenters. The predicted octanol–water partition coefficient (Wildman–Crippen LogP) is 3.08. The van der Waals surface area contributed by atoms with Gasteiger partial charge in [-0.2, -0.15) is 0 Å². The third-order valence-corrected chi connectivity index (χ3v) is 4.42. The average Bonchev–Trinajstić information content (AvgIpc) is 3.11. The molecule has 2 aromatic carbocycles. The van der Waals surface area contributed by atoms with Gasteiger partial charge in [0.05, 0.1) is 0 Å². The Morgan fingerprint density at radius 1 is 1.23 bits per heavy atom. The van der Waals surface area contributed by atoms with Crippen molar-refractivity contribution in [3.05, 3.63) is 59.7 Å². The van der Waals surface area contributed by atoms with Gasteiger partial charge in [-0.25, -0.2) is 4.79 Å². The quantitative estimate of drug-likeness (QED) is 0.756. The number of nitrogens with one attached hydrogen (secondary N) is 2. The van der Waals surface area contributed by atoms with Gasteiger partial charge in [-0.1, -0.05) is 30.2 Å². The highest BCUT2D eigenvalue weighted by atomic mass is 16.5. The number of carbonyl (C=O) groups excluding carboxylic acids is 1. The fourth-order valence-electron chi connectivity index (χ4n) is 2.88. The number of benzene rings is 2. The fraction of sp³-hybridized carbons (Fsp3) is 0.286. The van der Waals surface area contributed by atoms with E-state index in [2.05, 4.69) is 35.6 Å². The van der Waals surface area contributed by atoms with Crippen molar-refractivity contribution in [1.82, 2.24) is 10.6 Å². The van der Waals surface area contributed by atoms with E-state index in [0.717, 1.165) is 18.0 Å². The normalized spacial score (nSPS) is 14.6. The first kappa shape index (κ1) is 17.8. The third kappa shape index (κ3) is 4.35. The Bertz CT molecular complexity index is 778. The van der Waals surface area contributed by atoms with E-state index in [9.17, 15) is 4.79 Å². The van der Waals surface area contributed by atoms with Crippen molar-refractivity contribution in [3.8, 4) is 18.1 Å². The number of terminal acetylenes is 1. The third-order valence-electron chi connectivity index (χ3n) is 4.42. The number of amides is 2. The summed E-state index contributed by atoms with van der Waals surface area (Å²) in [7, 11) is 0. The monoisotopic (exact) mass is 349 g/mol. The minimum atomic E-state index is -0.0291. The molecule has 3 rings (SSSR count). The van der Waals surface area contributed by atoms with Crippen molar-refractivity contribution in [2.45, 2.75) is 19.5 Å². The summed E-state index contributed by atoms with van der Waals surface area (Å²) in [6, 6.07) is 16.2. The highest BCUT2D eigenvalue weighted by Gasteiger charge is 2.20. The zero-order valence-corrected chi connectivity index (χ0v) is 14.9. The predicted molar refractivity (Wildman–Crippen MR) is 103 cm³/mol. The number of rotatable bonds is 7. The smallest absolute Gasteiger partial charge is 0.321 e. The number of anilines is 1. The lowest BCUT2D eigenvalue weighted by molar-refractivity contribution is 0.252. The lowest BCUT2D eigenvalue weighted by Crippen LogP contribution is -2.27. The summed E-state index contributed by atoms with van der Waals surface area (Å²) in [5.41, 5.74) is 3.29. The minimum Gasteiger partial charge on any atom is -0.481 e. The Kier molecular flexibility index (Phi) is 5.77. The van der Waals surface area contributed by atoms with E-state index in [4.69, 9.17) is 11.2 Å². The SMILES string of the molecule is C#CCOc1ccc(CNC(C)c2ccc(N3CCNC3=O)cc2)cc1. The fourth-order valence-corrected chi connectivity index (χ4v) is 2.88. The lowest BCUT2D eigenvalue weighted by Gasteiger charge is -2.18. The number of nitrogens with zero attached hydrogens (tertiary/aromatic N) is 1. The Morgan fingerprint density at radius 3 is 2.58 bits per heavy atom. The number of hydrogen-bond acceptors (Lipinski definition) is 3. The van der Waals surface area contributed by atoms with Crippen LogP contribution in [-0.4, -0.2) is 25.7 Å². The molecule has 0 aliphatic carbocycles. The van der Waals surface area contributed by atoms with Crippen LogP contribution in [0.1, 0.15) is 24.1 Å². The van der Waals surface area contributed by atoms with E-state index in [1.807, 2.05) is 36.4 Å². The molecule has 26 heavy (non-hydrogen) atoms. The van der Waals surface area contributed by atoms with Crippen LogP contribution >= 0.6 is 0 Å². The summed E-state index contributed by atoms with van der Waals surface area (Å²) in [5, 5.41) is 6.32. The molecule has 0 spiro atoms. The molecule has 2 N–H and O–H groups in total. The highest BCUT2D eigenvalue weighted by molar-refractivity contribution is 5.93. The summed E-state index contributed by atoms with van der Waals surface area (Å²) in [6.07, 6.45) is 5.19. The molecule has 0 aromatic heterocycles. The van der Waals surface area contributed by atoms with Crippen LogP contribution in [0.15, 0.2) is 48.5 Å². The van der Waals surface area contributed by atoms with Gasteiger partial charge in [0.15, 0.2) is 0 Å². The Labute approximate surface area is 154 Å². The molecular formula is C21H23N3O2. The molecule has 1 aliphatic rings. The van der Waals surface area contributed by atoms with E-state index < -0.39 is 0 Å². The summed E-state index contributed by atoms with van der Waals surface area (Å²) in [4.78, 5) is 13.5. The second-order valence-corrected chi connectivity index (χ2v) is 6.21. The summed E-state index contributed by atoms with van der Waals surface area (Å²) < 4.78 is 5.38. The van der Waals surface area contributed by atoms with Crippen LogP contribution in [-0.2, 0) is 6.54 Å². The molecular weight excluding hydrogens is 326 g/mol. The van der Waals surface area contributed by atoms with Gasteiger partial charge in [0.1, 0.15) is 12.4 Å². The molecule has 1 aliphatic heterocycles. The zero-order chi connectivity index (χ0) is 18.4. The van der Waals surface area contributed by atoms with Crippen molar-refractivity contribution in [2.24, 2.45) is 0 Å². The van der Waals surface area contributed by atoms with Gasteiger partial charge in [0.25, 0.3) is 0 Å². The maximum absolute atomic E-state index is 11.7. The largest absolute Gasteiger partial charge is 0.481 e. The maximum Gasteiger partial charge on any atom is 0.321 e. The van der Waals surface area contributed by atoms with Gasteiger partial charge in [-0.15, -0.1) is 6.42 Å². The standard InChI is InChI=1S/C21H23N3O2/c1-3-14-26-20-10-4-17(5-11-20)15-23-16(2)18-6-8-19(9-7-18)24-13-12-22-21(24)25/h1,4-11,16,23H,12-15H2,2H3,(H,22,25). The number of urea groups is 1. The molecule has 2 amide bonds.